The molecule has 0 spiro atoms. The topological polar surface area (TPSA) is 79.1 Å². The van der Waals surface area contributed by atoms with Gasteiger partial charge in [0.25, 0.3) is 5.89 Å². The van der Waals surface area contributed by atoms with Crippen molar-refractivity contribution in [2.24, 2.45) is 0 Å². The molecule has 4 rings (SSSR count). The SMILES string of the molecule is N#Cc1ccccc1CN1CCC(c2nnc(-c3ccco3)o2)CC1. The van der Waals surface area contributed by atoms with E-state index in [-0.39, 0.29) is 5.92 Å². The molecule has 0 bridgehead atoms. The van der Waals surface area contributed by atoms with E-state index >= 15 is 0 Å². The van der Waals surface area contributed by atoms with Crippen molar-refractivity contribution in [3.05, 3.63) is 59.7 Å². The van der Waals surface area contributed by atoms with E-state index in [1.807, 2.05) is 30.3 Å². The first kappa shape index (κ1) is 15.6. The first-order valence-corrected chi connectivity index (χ1v) is 8.41. The zero-order chi connectivity index (χ0) is 17.1. The molecule has 1 aliphatic heterocycles. The number of furan rings is 1. The highest BCUT2D eigenvalue weighted by molar-refractivity contribution is 5.42. The van der Waals surface area contributed by atoms with Gasteiger partial charge in [-0.2, -0.15) is 5.26 Å². The third-order valence-corrected chi connectivity index (χ3v) is 4.64. The maximum Gasteiger partial charge on any atom is 0.283 e. The van der Waals surface area contributed by atoms with Crippen molar-refractivity contribution in [3.8, 4) is 17.7 Å². The summed E-state index contributed by atoms with van der Waals surface area (Å²) in [4.78, 5) is 2.37. The normalized spacial score (nSPS) is 16.0. The van der Waals surface area contributed by atoms with Crippen molar-refractivity contribution in [1.82, 2.24) is 15.1 Å². The number of rotatable bonds is 4. The molecule has 0 unspecified atom stereocenters. The summed E-state index contributed by atoms with van der Waals surface area (Å²) in [6, 6.07) is 13.7. The Morgan fingerprint density at radius 3 is 2.72 bits per heavy atom. The van der Waals surface area contributed by atoms with Gasteiger partial charge in [0, 0.05) is 12.5 Å². The molecular formula is C19H18N4O2. The number of nitriles is 1. The summed E-state index contributed by atoms with van der Waals surface area (Å²) in [5.41, 5.74) is 1.84. The largest absolute Gasteiger partial charge is 0.459 e. The molecule has 25 heavy (non-hydrogen) atoms. The second-order valence-electron chi connectivity index (χ2n) is 6.24. The van der Waals surface area contributed by atoms with Gasteiger partial charge in [0.1, 0.15) is 0 Å². The Labute approximate surface area is 145 Å². The highest BCUT2D eigenvalue weighted by Gasteiger charge is 2.26. The van der Waals surface area contributed by atoms with Crippen LogP contribution in [0.3, 0.4) is 0 Å². The van der Waals surface area contributed by atoms with Crippen molar-refractivity contribution in [1.29, 1.82) is 5.26 Å². The Kier molecular flexibility index (Phi) is 4.32. The molecule has 1 saturated heterocycles. The van der Waals surface area contributed by atoms with Gasteiger partial charge in [-0.15, -0.1) is 10.2 Å². The van der Waals surface area contributed by atoms with Crippen molar-refractivity contribution >= 4 is 0 Å². The summed E-state index contributed by atoms with van der Waals surface area (Å²) >= 11 is 0. The van der Waals surface area contributed by atoms with E-state index in [0.29, 0.717) is 17.5 Å². The lowest BCUT2D eigenvalue weighted by Crippen LogP contribution is -2.32. The van der Waals surface area contributed by atoms with Gasteiger partial charge in [0.15, 0.2) is 5.76 Å². The average Bonchev–Trinajstić information content (AvgIpc) is 3.34. The lowest BCUT2D eigenvalue weighted by atomic mass is 9.96. The number of nitrogens with zero attached hydrogens (tertiary/aromatic N) is 4. The van der Waals surface area contributed by atoms with E-state index in [9.17, 15) is 5.26 Å². The Morgan fingerprint density at radius 2 is 1.96 bits per heavy atom. The van der Waals surface area contributed by atoms with E-state index < -0.39 is 0 Å². The lowest BCUT2D eigenvalue weighted by Gasteiger charge is -2.30. The van der Waals surface area contributed by atoms with Gasteiger partial charge in [-0.3, -0.25) is 4.90 Å². The van der Waals surface area contributed by atoms with Crippen molar-refractivity contribution < 1.29 is 8.83 Å². The van der Waals surface area contributed by atoms with E-state index in [2.05, 4.69) is 21.2 Å². The highest BCUT2D eigenvalue weighted by atomic mass is 16.4. The van der Waals surface area contributed by atoms with E-state index in [4.69, 9.17) is 8.83 Å². The van der Waals surface area contributed by atoms with Crippen LogP contribution < -0.4 is 0 Å². The number of hydrogen-bond acceptors (Lipinski definition) is 6. The molecule has 0 aliphatic carbocycles. The fourth-order valence-electron chi connectivity index (χ4n) is 3.25. The molecule has 3 heterocycles. The summed E-state index contributed by atoms with van der Waals surface area (Å²) in [6.07, 6.45) is 3.53. The van der Waals surface area contributed by atoms with Crippen LogP contribution in [-0.2, 0) is 6.54 Å². The van der Waals surface area contributed by atoms with Crippen molar-refractivity contribution in [3.63, 3.8) is 0 Å². The average molecular weight is 334 g/mol. The smallest absolute Gasteiger partial charge is 0.283 e. The number of hydrogen-bond donors (Lipinski definition) is 0. The number of piperidine rings is 1. The molecule has 0 N–H and O–H groups in total. The third kappa shape index (κ3) is 3.32. The third-order valence-electron chi connectivity index (χ3n) is 4.64. The minimum atomic E-state index is 0.277. The van der Waals surface area contributed by atoms with Crippen LogP contribution in [0, 0.1) is 11.3 Å². The second kappa shape index (κ2) is 6.91. The molecule has 2 aromatic heterocycles. The Morgan fingerprint density at radius 1 is 1.12 bits per heavy atom. The minimum Gasteiger partial charge on any atom is -0.459 e. The van der Waals surface area contributed by atoms with Crippen LogP contribution in [0.5, 0.6) is 0 Å². The zero-order valence-corrected chi connectivity index (χ0v) is 13.8. The first-order valence-electron chi connectivity index (χ1n) is 8.41. The molecule has 6 nitrogen and oxygen atoms in total. The standard InChI is InChI=1S/C19H18N4O2/c20-12-15-4-1-2-5-16(15)13-23-9-7-14(8-10-23)18-21-22-19(25-18)17-6-3-11-24-17/h1-6,11,14H,7-10,13H2. The molecule has 1 aromatic carbocycles. The molecular weight excluding hydrogens is 316 g/mol. The van der Waals surface area contributed by atoms with Gasteiger partial charge in [0.2, 0.25) is 5.89 Å². The van der Waals surface area contributed by atoms with E-state index in [0.717, 1.165) is 43.6 Å². The summed E-state index contributed by atoms with van der Waals surface area (Å²) in [5, 5.41) is 17.5. The predicted octanol–water partition coefficient (Wildman–Crippen LogP) is 3.58. The van der Waals surface area contributed by atoms with Gasteiger partial charge in [-0.1, -0.05) is 18.2 Å². The molecule has 3 aromatic rings. The molecule has 0 atom stereocenters. The highest BCUT2D eigenvalue weighted by Crippen LogP contribution is 2.30. The molecule has 1 aliphatic rings. The van der Waals surface area contributed by atoms with Gasteiger partial charge in [-0.25, -0.2) is 0 Å². The van der Waals surface area contributed by atoms with Crippen molar-refractivity contribution in [2.75, 3.05) is 13.1 Å². The summed E-state index contributed by atoms with van der Waals surface area (Å²) in [6.45, 7) is 2.70. The fraction of sp³-hybridized carbons (Fsp3) is 0.316. The summed E-state index contributed by atoms with van der Waals surface area (Å²) in [7, 11) is 0. The van der Waals surface area contributed by atoms with E-state index in [1.54, 1.807) is 12.3 Å². The van der Waals surface area contributed by atoms with Gasteiger partial charge in [0.05, 0.1) is 17.9 Å². The Bertz CT molecular complexity index is 871. The predicted molar refractivity (Wildman–Crippen MR) is 90.4 cm³/mol. The van der Waals surface area contributed by atoms with Crippen LogP contribution in [0.1, 0.15) is 35.8 Å². The van der Waals surface area contributed by atoms with Gasteiger partial charge >= 0.3 is 0 Å². The van der Waals surface area contributed by atoms with Crippen LogP contribution in [0.4, 0.5) is 0 Å². The van der Waals surface area contributed by atoms with Crippen molar-refractivity contribution in [2.45, 2.75) is 25.3 Å². The molecule has 0 radical (unpaired) electrons. The number of aromatic nitrogens is 2. The Balaban J connectivity index is 1.38. The van der Waals surface area contributed by atoms with Crippen LogP contribution in [0.25, 0.3) is 11.7 Å². The lowest BCUT2D eigenvalue weighted by molar-refractivity contribution is 0.193. The second-order valence-corrected chi connectivity index (χ2v) is 6.24. The molecule has 6 heteroatoms. The zero-order valence-electron chi connectivity index (χ0n) is 13.8. The van der Waals surface area contributed by atoms with E-state index in [1.165, 1.54) is 0 Å². The maximum atomic E-state index is 9.22. The molecule has 0 amide bonds. The monoisotopic (exact) mass is 334 g/mol. The maximum absolute atomic E-state index is 9.22. The van der Waals surface area contributed by atoms with Gasteiger partial charge < -0.3 is 8.83 Å². The number of benzene rings is 1. The van der Waals surface area contributed by atoms with Crippen LogP contribution in [0.15, 0.2) is 51.5 Å². The molecule has 1 fully saturated rings. The summed E-state index contributed by atoms with van der Waals surface area (Å²) < 4.78 is 11.1. The quantitative estimate of drug-likeness (QED) is 0.725. The molecule has 126 valence electrons. The Hall–Kier alpha value is -2.91. The molecule has 0 saturated carbocycles. The summed E-state index contributed by atoms with van der Waals surface area (Å²) in [5.74, 6) is 2.00. The number of likely N-dealkylation sites (tertiary alicyclic amines) is 1. The minimum absolute atomic E-state index is 0.277. The fourth-order valence-corrected chi connectivity index (χ4v) is 3.25. The van der Waals surface area contributed by atoms with Crippen LogP contribution >= 0.6 is 0 Å². The van der Waals surface area contributed by atoms with Crippen LogP contribution in [-0.4, -0.2) is 28.2 Å². The van der Waals surface area contributed by atoms with Gasteiger partial charge in [-0.05, 0) is 49.7 Å². The first-order chi connectivity index (χ1) is 12.3. The van der Waals surface area contributed by atoms with Crippen LogP contribution in [0.2, 0.25) is 0 Å².